The fourth-order valence-corrected chi connectivity index (χ4v) is 2.24. The van der Waals surface area contributed by atoms with E-state index < -0.39 is 5.79 Å². The van der Waals surface area contributed by atoms with E-state index in [1.807, 2.05) is 13.8 Å². The molecule has 1 aliphatic carbocycles. The SMILES string of the molecule is CCC(C)C(=O)OC12CCC(CC1)C(=O)O2. The third-order valence-corrected chi connectivity index (χ3v) is 3.67. The number of carbonyl (C=O) groups excluding carboxylic acids is 2. The van der Waals surface area contributed by atoms with E-state index in [0.29, 0.717) is 12.8 Å². The molecule has 3 rings (SSSR count). The Balaban J connectivity index is 2.02. The van der Waals surface area contributed by atoms with Crippen LogP contribution in [-0.4, -0.2) is 17.7 Å². The lowest BCUT2D eigenvalue weighted by molar-refractivity contribution is -0.264. The summed E-state index contributed by atoms with van der Waals surface area (Å²) in [6, 6.07) is 0. The average Bonchev–Trinajstić information content (AvgIpc) is 2.28. The molecule has 0 aromatic carbocycles. The zero-order valence-corrected chi connectivity index (χ0v) is 9.82. The fourth-order valence-electron chi connectivity index (χ4n) is 2.24. The summed E-state index contributed by atoms with van der Waals surface area (Å²) in [6.07, 6.45) is 3.63. The molecule has 0 radical (unpaired) electrons. The minimum atomic E-state index is -0.938. The molecule has 0 spiro atoms. The Bertz CT molecular complexity index is 302. The van der Waals surface area contributed by atoms with Crippen molar-refractivity contribution in [3.63, 3.8) is 0 Å². The van der Waals surface area contributed by atoms with Gasteiger partial charge in [0.1, 0.15) is 0 Å². The van der Waals surface area contributed by atoms with E-state index in [2.05, 4.69) is 0 Å². The molecule has 1 saturated carbocycles. The van der Waals surface area contributed by atoms with Gasteiger partial charge in [-0.25, -0.2) is 0 Å². The second-order valence-corrected chi connectivity index (χ2v) is 4.84. The van der Waals surface area contributed by atoms with Gasteiger partial charge in [-0.05, 0) is 19.3 Å². The molecule has 0 amide bonds. The van der Waals surface area contributed by atoms with Gasteiger partial charge in [0.2, 0.25) is 0 Å². The summed E-state index contributed by atoms with van der Waals surface area (Å²) in [7, 11) is 0. The lowest BCUT2D eigenvalue weighted by atomic mass is 9.82. The van der Waals surface area contributed by atoms with Crippen molar-refractivity contribution < 1.29 is 19.1 Å². The molecular formula is C12H18O4. The van der Waals surface area contributed by atoms with Crippen molar-refractivity contribution in [2.24, 2.45) is 11.8 Å². The van der Waals surface area contributed by atoms with Crippen molar-refractivity contribution >= 4 is 11.9 Å². The van der Waals surface area contributed by atoms with Gasteiger partial charge in [-0.15, -0.1) is 0 Å². The highest BCUT2D eigenvalue weighted by atomic mass is 16.7. The molecule has 1 atom stereocenters. The molecule has 4 nitrogen and oxygen atoms in total. The lowest BCUT2D eigenvalue weighted by Crippen LogP contribution is -2.51. The molecule has 2 heterocycles. The molecular weight excluding hydrogens is 208 g/mol. The van der Waals surface area contributed by atoms with Gasteiger partial charge in [0.15, 0.2) is 0 Å². The number of fused-ring (bicyclic) bond motifs is 3. The van der Waals surface area contributed by atoms with Crippen LogP contribution in [0.2, 0.25) is 0 Å². The Morgan fingerprint density at radius 3 is 2.69 bits per heavy atom. The molecule has 16 heavy (non-hydrogen) atoms. The molecule has 0 aromatic rings. The Morgan fingerprint density at radius 2 is 2.19 bits per heavy atom. The third kappa shape index (κ3) is 1.93. The summed E-state index contributed by atoms with van der Waals surface area (Å²) < 4.78 is 10.7. The second kappa shape index (κ2) is 4.07. The number of ether oxygens (including phenoxy) is 2. The summed E-state index contributed by atoms with van der Waals surface area (Å²) >= 11 is 0. The van der Waals surface area contributed by atoms with Gasteiger partial charge in [0, 0.05) is 12.8 Å². The Hall–Kier alpha value is -1.06. The highest BCUT2D eigenvalue weighted by molar-refractivity contribution is 5.76. The van der Waals surface area contributed by atoms with Crippen molar-refractivity contribution in [1.82, 2.24) is 0 Å². The van der Waals surface area contributed by atoms with Crippen LogP contribution in [-0.2, 0) is 19.1 Å². The van der Waals surface area contributed by atoms with Crippen LogP contribution in [0.3, 0.4) is 0 Å². The van der Waals surface area contributed by atoms with E-state index in [1.165, 1.54) is 0 Å². The van der Waals surface area contributed by atoms with Gasteiger partial charge in [0.25, 0.3) is 5.79 Å². The zero-order chi connectivity index (χ0) is 11.8. The third-order valence-electron chi connectivity index (χ3n) is 3.67. The summed E-state index contributed by atoms with van der Waals surface area (Å²) in [6.45, 7) is 3.77. The average molecular weight is 226 g/mol. The maximum Gasteiger partial charge on any atom is 0.312 e. The summed E-state index contributed by atoms with van der Waals surface area (Å²) in [5.41, 5.74) is 0. The maximum atomic E-state index is 11.7. The fraction of sp³-hybridized carbons (Fsp3) is 0.833. The predicted octanol–water partition coefficient (Wildman–Crippen LogP) is 2.02. The number of esters is 2. The molecule has 1 unspecified atom stereocenters. The van der Waals surface area contributed by atoms with Crippen molar-refractivity contribution in [3.8, 4) is 0 Å². The Morgan fingerprint density at radius 1 is 1.56 bits per heavy atom. The van der Waals surface area contributed by atoms with Gasteiger partial charge in [-0.3, -0.25) is 9.59 Å². The Labute approximate surface area is 95.3 Å². The predicted molar refractivity (Wildman–Crippen MR) is 56.3 cm³/mol. The quantitative estimate of drug-likeness (QED) is 0.691. The molecule has 3 aliphatic rings. The smallest absolute Gasteiger partial charge is 0.312 e. The van der Waals surface area contributed by atoms with E-state index >= 15 is 0 Å². The van der Waals surface area contributed by atoms with Crippen molar-refractivity contribution in [2.45, 2.75) is 51.7 Å². The highest BCUT2D eigenvalue weighted by Gasteiger charge is 2.50. The second-order valence-electron chi connectivity index (χ2n) is 4.84. The largest absolute Gasteiger partial charge is 0.422 e. The van der Waals surface area contributed by atoms with Gasteiger partial charge in [-0.2, -0.15) is 0 Å². The minimum absolute atomic E-state index is 0.0316. The van der Waals surface area contributed by atoms with Crippen molar-refractivity contribution in [3.05, 3.63) is 0 Å². The van der Waals surface area contributed by atoms with Crippen LogP contribution in [0.1, 0.15) is 46.0 Å². The molecule has 0 N–H and O–H groups in total. The van der Waals surface area contributed by atoms with Crippen LogP contribution in [0, 0.1) is 11.8 Å². The molecule has 2 saturated heterocycles. The van der Waals surface area contributed by atoms with Crippen LogP contribution >= 0.6 is 0 Å². The first kappa shape index (κ1) is 11.4. The molecule has 2 aliphatic heterocycles. The summed E-state index contributed by atoms with van der Waals surface area (Å²) in [4.78, 5) is 23.2. The van der Waals surface area contributed by atoms with Crippen LogP contribution < -0.4 is 0 Å². The van der Waals surface area contributed by atoms with Crippen LogP contribution in [0.15, 0.2) is 0 Å². The number of hydrogen-bond donors (Lipinski definition) is 0. The first-order valence-electron chi connectivity index (χ1n) is 6.02. The molecule has 4 heteroatoms. The number of carbonyl (C=O) groups is 2. The number of hydrogen-bond acceptors (Lipinski definition) is 4. The van der Waals surface area contributed by atoms with E-state index in [-0.39, 0.29) is 23.8 Å². The normalized spacial score (nSPS) is 34.4. The highest BCUT2D eigenvalue weighted by Crippen LogP contribution is 2.42. The maximum absolute atomic E-state index is 11.7. The van der Waals surface area contributed by atoms with Gasteiger partial charge >= 0.3 is 11.9 Å². The van der Waals surface area contributed by atoms with Gasteiger partial charge < -0.3 is 9.47 Å². The summed E-state index contributed by atoms with van der Waals surface area (Å²) in [5.74, 6) is -1.49. The zero-order valence-electron chi connectivity index (χ0n) is 9.82. The molecule has 90 valence electrons. The van der Waals surface area contributed by atoms with Gasteiger partial charge in [0.05, 0.1) is 11.8 Å². The minimum Gasteiger partial charge on any atom is -0.422 e. The van der Waals surface area contributed by atoms with E-state index in [9.17, 15) is 9.59 Å². The van der Waals surface area contributed by atoms with E-state index in [0.717, 1.165) is 19.3 Å². The van der Waals surface area contributed by atoms with Gasteiger partial charge in [-0.1, -0.05) is 13.8 Å². The summed E-state index contributed by atoms with van der Waals surface area (Å²) in [5, 5.41) is 0. The molecule has 3 fully saturated rings. The molecule has 2 bridgehead atoms. The lowest BCUT2D eigenvalue weighted by Gasteiger charge is -2.44. The topological polar surface area (TPSA) is 52.6 Å². The first-order chi connectivity index (χ1) is 7.56. The van der Waals surface area contributed by atoms with E-state index in [1.54, 1.807) is 0 Å². The standard InChI is InChI=1S/C12H18O4/c1-3-8(2)10(13)15-12-6-4-9(5-7-12)11(14)16-12/h8-9H,3-7H2,1-2H3. The Kier molecular flexibility index (Phi) is 2.91. The van der Waals surface area contributed by atoms with Crippen LogP contribution in [0.25, 0.3) is 0 Å². The number of rotatable bonds is 3. The molecule has 0 aromatic heterocycles. The van der Waals surface area contributed by atoms with Crippen LogP contribution in [0.4, 0.5) is 0 Å². The van der Waals surface area contributed by atoms with E-state index in [4.69, 9.17) is 9.47 Å². The first-order valence-corrected chi connectivity index (χ1v) is 6.02. The van der Waals surface area contributed by atoms with Crippen LogP contribution in [0.5, 0.6) is 0 Å². The van der Waals surface area contributed by atoms with Crippen molar-refractivity contribution in [2.75, 3.05) is 0 Å². The van der Waals surface area contributed by atoms with Crippen molar-refractivity contribution in [1.29, 1.82) is 0 Å². The monoisotopic (exact) mass is 226 g/mol.